The van der Waals surface area contributed by atoms with Crippen LogP contribution in [0, 0.1) is 17.8 Å². The van der Waals surface area contributed by atoms with Crippen molar-refractivity contribution in [2.75, 3.05) is 5.43 Å². The van der Waals surface area contributed by atoms with E-state index in [2.05, 4.69) is 55.4 Å². The van der Waals surface area contributed by atoms with Crippen molar-refractivity contribution in [1.29, 1.82) is 0 Å². The van der Waals surface area contributed by atoms with E-state index < -0.39 is 0 Å². The van der Waals surface area contributed by atoms with E-state index in [1.807, 2.05) is 0 Å². The second-order valence-electron chi connectivity index (χ2n) is 5.65. The lowest BCUT2D eigenvalue weighted by Gasteiger charge is -2.38. The minimum atomic E-state index is 0.635. The molecule has 0 aromatic carbocycles. The normalized spacial score (nSPS) is 30.6. The van der Waals surface area contributed by atoms with Gasteiger partial charge in [0.25, 0.3) is 0 Å². The molecule has 2 nitrogen and oxygen atoms in total. The van der Waals surface area contributed by atoms with Crippen LogP contribution in [0.2, 0.25) is 0 Å². The van der Waals surface area contributed by atoms with Crippen LogP contribution in [0.1, 0.15) is 40.0 Å². The predicted octanol–water partition coefficient (Wildman–Crippen LogP) is 3.49. The van der Waals surface area contributed by atoms with Crippen LogP contribution in [-0.4, -0.2) is 10.7 Å². The third-order valence-corrected chi connectivity index (χ3v) is 3.94. The average molecular weight is 220 g/mol. The highest BCUT2D eigenvalue weighted by Crippen LogP contribution is 2.33. The number of hydrogen-bond acceptors (Lipinski definition) is 1. The zero-order valence-corrected chi connectivity index (χ0v) is 10.7. The molecule has 1 heterocycles. The van der Waals surface area contributed by atoms with Gasteiger partial charge in [-0.1, -0.05) is 27.2 Å². The van der Waals surface area contributed by atoms with E-state index in [0.717, 1.165) is 17.8 Å². The molecule has 16 heavy (non-hydrogen) atoms. The second-order valence-corrected chi connectivity index (χ2v) is 5.65. The lowest BCUT2D eigenvalue weighted by molar-refractivity contribution is 0.203. The first kappa shape index (κ1) is 11.6. The third kappa shape index (κ3) is 2.60. The molecule has 1 fully saturated rings. The van der Waals surface area contributed by atoms with Gasteiger partial charge in [-0.3, -0.25) is 4.68 Å². The summed E-state index contributed by atoms with van der Waals surface area (Å²) in [7, 11) is 0. The van der Waals surface area contributed by atoms with Crippen LogP contribution in [0.15, 0.2) is 24.5 Å². The first-order valence-electron chi connectivity index (χ1n) is 6.56. The zero-order valence-electron chi connectivity index (χ0n) is 10.7. The SMILES string of the molecule is CC1CCC(C(C)C)C(Nn2cccc2)C1. The van der Waals surface area contributed by atoms with Gasteiger partial charge in [0.15, 0.2) is 0 Å². The number of hydrogen-bond donors (Lipinski definition) is 1. The molecule has 1 aromatic heterocycles. The van der Waals surface area contributed by atoms with Gasteiger partial charge in [0.05, 0.1) is 0 Å². The maximum atomic E-state index is 3.64. The number of nitrogens with zero attached hydrogens (tertiary/aromatic N) is 1. The summed E-state index contributed by atoms with van der Waals surface area (Å²) in [5.74, 6) is 2.46. The van der Waals surface area contributed by atoms with Crippen molar-refractivity contribution < 1.29 is 0 Å². The number of nitrogens with one attached hydrogen (secondary N) is 1. The fourth-order valence-electron chi connectivity index (χ4n) is 2.96. The Hall–Kier alpha value is -0.920. The molecule has 0 bridgehead atoms. The molecule has 2 rings (SSSR count). The Kier molecular flexibility index (Phi) is 3.57. The van der Waals surface area contributed by atoms with Gasteiger partial charge >= 0.3 is 0 Å². The molecular formula is C14H24N2. The molecule has 0 aliphatic heterocycles. The molecule has 1 aromatic rings. The van der Waals surface area contributed by atoms with Crippen molar-refractivity contribution >= 4 is 0 Å². The standard InChI is InChI=1S/C14H24N2/c1-11(2)13-7-6-12(3)10-14(13)15-16-8-4-5-9-16/h4-5,8-9,11-15H,6-7,10H2,1-3H3. The van der Waals surface area contributed by atoms with Crippen molar-refractivity contribution in [2.45, 2.75) is 46.1 Å². The van der Waals surface area contributed by atoms with Crippen LogP contribution < -0.4 is 5.43 Å². The van der Waals surface area contributed by atoms with E-state index >= 15 is 0 Å². The van der Waals surface area contributed by atoms with E-state index in [-0.39, 0.29) is 0 Å². The van der Waals surface area contributed by atoms with Crippen LogP contribution in [0.5, 0.6) is 0 Å². The Labute approximate surface area is 99.0 Å². The van der Waals surface area contributed by atoms with Gasteiger partial charge in [0.2, 0.25) is 0 Å². The summed E-state index contributed by atoms with van der Waals surface area (Å²) >= 11 is 0. The minimum Gasteiger partial charge on any atom is -0.323 e. The summed E-state index contributed by atoms with van der Waals surface area (Å²) in [4.78, 5) is 0. The van der Waals surface area contributed by atoms with Gasteiger partial charge in [-0.25, -0.2) is 0 Å². The van der Waals surface area contributed by atoms with Crippen LogP contribution >= 0.6 is 0 Å². The molecule has 90 valence electrons. The van der Waals surface area contributed by atoms with E-state index in [1.165, 1.54) is 19.3 Å². The van der Waals surface area contributed by atoms with Crippen LogP contribution in [0.4, 0.5) is 0 Å². The molecule has 1 aliphatic rings. The Morgan fingerprint density at radius 3 is 2.50 bits per heavy atom. The highest BCUT2D eigenvalue weighted by Gasteiger charge is 2.30. The summed E-state index contributed by atoms with van der Waals surface area (Å²) in [5, 5.41) is 0. The van der Waals surface area contributed by atoms with Gasteiger partial charge in [0.1, 0.15) is 0 Å². The summed E-state index contributed by atoms with van der Waals surface area (Å²) in [6, 6.07) is 4.78. The maximum Gasteiger partial charge on any atom is 0.0457 e. The first-order chi connectivity index (χ1) is 7.66. The molecule has 1 saturated carbocycles. The van der Waals surface area contributed by atoms with E-state index in [4.69, 9.17) is 0 Å². The molecule has 0 saturated heterocycles. The molecule has 1 aliphatic carbocycles. The summed E-state index contributed by atoms with van der Waals surface area (Å²) in [6.45, 7) is 7.08. The number of rotatable bonds is 3. The first-order valence-corrected chi connectivity index (χ1v) is 6.56. The van der Waals surface area contributed by atoms with Crippen LogP contribution in [0.25, 0.3) is 0 Å². The fraction of sp³-hybridized carbons (Fsp3) is 0.714. The van der Waals surface area contributed by atoms with E-state index in [1.54, 1.807) is 0 Å². The van der Waals surface area contributed by atoms with Crippen molar-refractivity contribution in [1.82, 2.24) is 4.68 Å². The highest BCUT2D eigenvalue weighted by molar-refractivity contribution is 4.99. The monoisotopic (exact) mass is 220 g/mol. The van der Waals surface area contributed by atoms with E-state index in [0.29, 0.717) is 6.04 Å². The fourth-order valence-corrected chi connectivity index (χ4v) is 2.96. The molecule has 3 unspecified atom stereocenters. The van der Waals surface area contributed by atoms with Gasteiger partial charge in [-0.05, 0) is 42.7 Å². The number of aromatic nitrogens is 1. The van der Waals surface area contributed by atoms with Crippen molar-refractivity contribution in [3.63, 3.8) is 0 Å². The molecule has 0 amide bonds. The smallest absolute Gasteiger partial charge is 0.0457 e. The molecule has 3 atom stereocenters. The molecule has 0 radical (unpaired) electrons. The van der Waals surface area contributed by atoms with E-state index in [9.17, 15) is 0 Å². The summed E-state index contributed by atoms with van der Waals surface area (Å²) in [6.07, 6.45) is 8.26. The van der Waals surface area contributed by atoms with Gasteiger partial charge in [-0.2, -0.15) is 0 Å². The van der Waals surface area contributed by atoms with Gasteiger partial charge < -0.3 is 5.43 Å². The lowest BCUT2D eigenvalue weighted by Crippen LogP contribution is -2.41. The molecular weight excluding hydrogens is 196 g/mol. The Morgan fingerprint density at radius 2 is 1.88 bits per heavy atom. The highest BCUT2D eigenvalue weighted by atomic mass is 15.4. The topological polar surface area (TPSA) is 17.0 Å². The Balaban J connectivity index is 2.02. The average Bonchev–Trinajstić information content (AvgIpc) is 2.70. The van der Waals surface area contributed by atoms with Gasteiger partial charge in [-0.15, -0.1) is 0 Å². The lowest BCUT2D eigenvalue weighted by atomic mass is 9.74. The Bertz CT molecular complexity index is 303. The molecule has 0 spiro atoms. The van der Waals surface area contributed by atoms with Crippen LogP contribution in [0.3, 0.4) is 0 Å². The van der Waals surface area contributed by atoms with Crippen molar-refractivity contribution in [3.8, 4) is 0 Å². The predicted molar refractivity (Wildman–Crippen MR) is 68.9 cm³/mol. The maximum absolute atomic E-state index is 3.64. The second kappa shape index (κ2) is 4.94. The van der Waals surface area contributed by atoms with Crippen molar-refractivity contribution in [2.24, 2.45) is 17.8 Å². The Morgan fingerprint density at radius 1 is 1.19 bits per heavy atom. The molecule has 1 N–H and O–H groups in total. The quantitative estimate of drug-likeness (QED) is 0.825. The summed E-state index contributed by atoms with van der Waals surface area (Å²) in [5.41, 5.74) is 3.64. The third-order valence-electron chi connectivity index (χ3n) is 3.94. The van der Waals surface area contributed by atoms with Crippen LogP contribution in [-0.2, 0) is 0 Å². The zero-order chi connectivity index (χ0) is 11.5. The molecule has 2 heteroatoms. The summed E-state index contributed by atoms with van der Waals surface area (Å²) < 4.78 is 2.11. The minimum absolute atomic E-state index is 0.635. The largest absolute Gasteiger partial charge is 0.323 e. The van der Waals surface area contributed by atoms with Gasteiger partial charge in [0, 0.05) is 18.4 Å². The van der Waals surface area contributed by atoms with Crippen molar-refractivity contribution in [3.05, 3.63) is 24.5 Å².